The fourth-order valence-electron chi connectivity index (χ4n) is 4.62. The van der Waals surface area contributed by atoms with Crippen LogP contribution in [0.25, 0.3) is 10.9 Å². The van der Waals surface area contributed by atoms with Gasteiger partial charge in [0.05, 0.1) is 11.6 Å². The van der Waals surface area contributed by atoms with Crippen LogP contribution in [-0.2, 0) is 9.53 Å². The molecule has 0 radical (unpaired) electrons. The molecule has 5 rings (SSSR count). The van der Waals surface area contributed by atoms with E-state index >= 15 is 0 Å². The van der Waals surface area contributed by atoms with Crippen LogP contribution in [0.1, 0.15) is 31.4 Å². The van der Waals surface area contributed by atoms with E-state index in [1.165, 1.54) is 6.92 Å². The number of hydrogen-bond donors (Lipinski definition) is 1. The minimum absolute atomic E-state index is 0.141. The number of aromatic hydroxyl groups is 1. The van der Waals surface area contributed by atoms with Crippen molar-refractivity contribution in [3.05, 3.63) is 48.7 Å². The Morgan fingerprint density at radius 2 is 2.31 bits per heavy atom. The highest BCUT2D eigenvalue weighted by molar-refractivity contribution is 5.84. The highest BCUT2D eigenvalue weighted by atomic mass is 16.5. The summed E-state index contributed by atoms with van der Waals surface area (Å²) in [5, 5.41) is 10.8. The van der Waals surface area contributed by atoms with E-state index < -0.39 is 0 Å². The molecule has 3 aliphatic rings. The van der Waals surface area contributed by atoms with Gasteiger partial charge in [-0.25, -0.2) is 0 Å². The van der Waals surface area contributed by atoms with E-state index in [9.17, 15) is 9.90 Å². The van der Waals surface area contributed by atoms with E-state index in [1.54, 1.807) is 24.4 Å². The van der Waals surface area contributed by atoms with Crippen molar-refractivity contribution in [2.45, 2.75) is 31.9 Å². The topological polar surface area (TPSA) is 62.7 Å². The zero-order valence-corrected chi connectivity index (χ0v) is 15.0. The second-order valence-corrected chi connectivity index (χ2v) is 7.38. The van der Waals surface area contributed by atoms with Crippen molar-refractivity contribution >= 4 is 16.9 Å². The summed E-state index contributed by atoms with van der Waals surface area (Å²) >= 11 is 0. The van der Waals surface area contributed by atoms with Gasteiger partial charge in [-0.2, -0.15) is 0 Å². The molecule has 3 aliphatic heterocycles. The lowest BCUT2D eigenvalue weighted by Crippen LogP contribution is -2.55. The third-order valence-corrected chi connectivity index (χ3v) is 5.86. The van der Waals surface area contributed by atoms with Gasteiger partial charge in [-0.3, -0.25) is 14.7 Å². The molecule has 2 aromatic rings. The number of pyridine rings is 1. The Balaban J connectivity index is 1.76. The van der Waals surface area contributed by atoms with Crippen molar-refractivity contribution in [3.63, 3.8) is 0 Å². The summed E-state index contributed by atoms with van der Waals surface area (Å²) in [6, 6.07) is 7.17. The number of fused-ring (bicyclic) bond motifs is 4. The van der Waals surface area contributed by atoms with Gasteiger partial charge in [0.2, 0.25) is 0 Å². The number of aromatic nitrogens is 1. The predicted octanol–water partition coefficient (Wildman–Crippen LogP) is 3.44. The summed E-state index contributed by atoms with van der Waals surface area (Å²) in [5.74, 6) is 0.992. The number of hydrogen-bond acceptors (Lipinski definition) is 5. The number of ether oxygens (including phenoxy) is 1. The molecule has 0 saturated carbocycles. The van der Waals surface area contributed by atoms with Crippen molar-refractivity contribution in [2.24, 2.45) is 11.8 Å². The van der Waals surface area contributed by atoms with Crippen LogP contribution in [0.5, 0.6) is 5.75 Å². The predicted molar refractivity (Wildman–Crippen MR) is 99.7 cm³/mol. The molecule has 0 amide bonds. The molecule has 0 aliphatic carbocycles. The first kappa shape index (κ1) is 17.0. The van der Waals surface area contributed by atoms with Gasteiger partial charge in [0.15, 0.2) is 0 Å². The van der Waals surface area contributed by atoms with Crippen LogP contribution >= 0.6 is 0 Å². The highest BCUT2D eigenvalue weighted by Crippen LogP contribution is 2.43. The van der Waals surface area contributed by atoms with Crippen molar-refractivity contribution in [1.29, 1.82) is 0 Å². The van der Waals surface area contributed by atoms with Gasteiger partial charge >= 0.3 is 5.97 Å². The molecular weight excluding hydrogens is 328 g/mol. The fourth-order valence-corrected chi connectivity index (χ4v) is 4.62. The van der Waals surface area contributed by atoms with Crippen molar-refractivity contribution in [2.75, 3.05) is 13.1 Å². The largest absolute Gasteiger partial charge is 0.508 e. The Hall–Kier alpha value is -2.40. The first-order valence-corrected chi connectivity index (χ1v) is 9.18. The summed E-state index contributed by atoms with van der Waals surface area (Å²) in [4.78, 5) is 18.7. The Labute approximate surface area is 153 Å². The fraction of sp³-hybridized carbons (Fsp3) is 0.429. The molecule has 1 N–H and O–H groups in total. The quantitative estimate of drug-likeness (QED) is 0.675. The van der Waals surface area contributed by atoms with Crippen LogP contribution in [0.4, 0.5) is 0 Å². The van der Waals surface area contributed by atoms with Crippen LogP contribution in [-0.4, -0.2) is 40.1 Å². The van der Waals surface area contributed by atoms with Gasteiger partial charge in [-0.1, -0.05) is 6.08 Å². The Bertz CT molecular complexity index is 850. The summed E-state index contributed by atoms with van der Waals surface area (Å²) in [5.41, 5.74) is 1.70. The number of piperidine rings is 3. The number of nitrogens with zero attached hydrogens (tertiary/aromatic N) is 2. The molecule has 5 nitrogen and oxygen atoms in total. The third kappa shape index (κ3) is 2.97. The molecule has 2 unspecified atom stereocenters. The first-order chi connectivity index (χ1) is 12.6. The van der Waals surface area contributed by atoms with Crippen LogP contribution < -0.4 is 0 Å². The van der Waals surface area contributed by atoms with Crippen LogP contribution in [0.15, 0.2) is 43.1 Å². The lowest BCUT2D eigenvalue weighted by molar-refractivity contribution is -0.154. The van der Waals surface area contributed by atoms with Crippen LogP contribution in [0.3, 0.4) is 0 Å². The molecule has 2 bridgehead atoms. The maximum Gasteiger partial charge on any atom is 0.303 e. The maximum atomic E-state index is 11.9. The number of carbonyl (C=O) groups excluding carboxylic acids is 1. The molecule has 5 atom stereocenters. The number of rotatable bonds is 4. The van der Waals surface area contributed by atoms with E-state index in [4.69, 9.17) is 4.74 Å². The van der Waals surface area contributed by atoms with Gasteiger partial charge in [-0.15, -0.1) is 6.58 Å². The molecule has 0 spiro atoms. The van der Waals surface area contributed by atoms with Crippen LogP contribution in [0.2, 0.25) is 0 Å². The molecule has 4 heterocycles. The summed E-state index contributed by atoms with van der Waals surface area (Å²) < 4.78 is 5.83. The lowest BCUT2D eigenvalue weighted by atomic mass is 9.73. The highest BCUT2D eigenvalue weighted by Gasteiger charge is 2.44. The van der Waals surface area contributed by atoms with Crippen LogP contribution in [0, 0.1) is 11.8 Å². The number of esters is 1. The zero-order valence-electron chi connectivity index (χ0n) is 15.0. The number of benzene rings is 1. The van der Waals surface area contributed by atoms with E-state index in [-0.39, 0.29) is 23.9 Å². The van der Waals surface area contributed by atoms with Crippen molar-refractivity contribution in [3.8, 4) is 5.75 Å². The molecular formula is C21H24N2O3. The zero-order chi connectivity index (χ0) is 18.3. The summed E-state index contributed by atoms with van der Waals surface area (Å²) in [6.45, 7) is 7.42. The Morgan fingerprint density at radius 3 is 3.00 bits per heavy atom. The van der Waals surface area contributed by atoms with E-state index in [0.717, 1.165) is 42.4 Å². The molecule has 5 heteroatoms. The molecule has 26 heavy (non-hydrogen) atoms. The molecule has 136 valence electrons. The summed E-state index contributed by atoms with van der Waals surface area (Å²) in [6.07, 6.45) is 5.59. The smallest absolute Gasteiger partial charge is 0.303 e. The lowest BCUT2D eigenvalue weighted by Gasteiger charge is -2.51. The van der Waals surface area contributed by atoms with E-state index in [1.807, 2.05) is 6.07 Å². The number of phenolic OH excluding ortho intramolecular Hbond substituents is 1. The van der Waals surface area contributed by atoms with Crippen molar-refractivity contribution in [1.82, 2.24) is 9.88 Å². The molecule has 3 saturated heterocycles. The molecule has 1 aromatic carbocycles. The summed E-state index contributed by atoms with van der Waals surface area (Å²) in [7, 11) is 0. The number of carbonyl (C=O) groups is 1. The van der Waals surface area contributed by atoms with E-state index in [0.29, 0.717) is 11.8 Å². The second-order valence-electron chi connectivity index (χ2n) is 7.38. The first-order valence-electron chi connectivity index (χ1n) is 9.18. The van der Waals surface area contributed by atoms with Gasteiger partial charge in [0.1, 0.15) is 11.9 Å². The molecule has 3 fully saturated rings. The SMILES string of the molecule is C=C[C@H]1CN2CC[C@H]1C[C@@H]2C(OC(C)=O)c1ccnc2ccc(O)cc12. The minimum Gasteiger partial charge on any atom is -0.508 e. The van der Waals surface area contributed by atoms with Gasteiger partial charge in [-0.05, 0) is 55.5 Å². The van der Waals surface area contributed by atoms with Gasteiger partial charge < -0.3 is 9.84 Å². The molecule has 1 aromatic heterocycles. The average Bonchev–Trinajstić information content (AvgIpc) is 2.65. The van der Waals surface area contributed by atoms with Gasteiger partial charge in [0, 0.05) is 30.6 Å². The Morgan fingerprint density at radius 1 is 1.46 bits per heavy atom. The standard InChI is InChI=1S/C21H24N2O3/c1-3-14-12-23-9-7-15(14)10-20(23)21(26-13(2)24)17-6-8-22-19-5-4-16(25)11-18(17)19/h3-6,8,11,14-15,20-21,25H,1,7,9-10,12H2,2H3/t14-,15-,20+,21?/m0/s1. The number of phenols is 1. The second kappa shape index (κ2) is 6.72. The average molecular weight is 352 g/mol. The maximum absolute atomic E-state index is 11.9. The monoisotopic (exact) mass is 352 g/mol. The van der Waals surface area contributed by atoms with E-state index in [2.05, 4.69) is 22.5 Å². The Kier molecular flexibility index (Phi) is 4.41. The third-order valence-electron chi connectivity index (χ3n) is 5.86. The minimum atomic E-state index is -0.367. The van der Waals surface area contributed by atoms with Crippen molar-refractivity contribution < 1.29 is 14.6 Å². The normalized spacial score (nSPS) is 28.7. The van der Waals surface area contributed by atoms with Gasteiger partial charge in [0.25, 0.3) is 0 Å².